The first-order valence-corrected chi connectivity index (χ1v) is 12.7. The minimum atomic E-state index is -3.67. The van der Waals surface area contributed by atoms with Gasteiger partial charge >= 0.3 is 0 Å². The van der Waals surface area contributed by atoms with Crippen molar-refractivity contribution in [3.8, 4) is 22.8 Å². The van der Waals surface area contributed by atoms with Gasteiger partial charge in [-0.2, -0.15) is 4.31 Å². The molecule has 10 heteroatoms. The molecule has 1 aliphatic heterocycles. The Labute approximate surface area is 194 Å². The third-order valence-electron chi connectivity index (χ3n) is 5.11. The molecule has 0 amide bonds. The second kappa shape index (κ2) is 9.15. The molecule has 1 fully saturated rings. The number of halogens is 1. The van der Waals surface area contributed by atoms with Crippen LogP contribution in [0.5, 0.6) is 11.5 Å². The number of thiazole rings is 1. The predicted molar refractivity (Wildman–Crippen MR) is 126 cm³/mol. The highest BCUT2D eigenvalue weighted by molar-refractivity contribution is 9.10. The molecule has 3 aromatic rings. The van der Waals surface area contributed by atoms with Crippen molar-refractivity contribution in [3.05, 3.63) is 52.3 Å². The lowest BCUT2D eigenvalue weighted by Crippen LogP contribution is -2.48. The summed E-state index contributed by atoms with van der Waals surface area (Å²) in [7, 11) is -0.688. The van der Waals surface area contributed by atoms with Crippen LogP contribution in [0.4, 0.5) is 5.13 Å². The summed E-state index contributed by atoms with van der Waals surface area (Å²) in [4.78, 5) is 7.04. The van der Waals surface area contributed by atoms with Crippen LogP contribution in [0.25, 0.3) is 11.3 Å². The lowest BCUT2D eigenvalue weighted by Gasteiger charge is -2.34. The third-order valence-corrected chi connectivity index (χ3v) is 8.44. The van der Waals surface area contributed by atoms with E-state index in [2.05, 4.69) is 20.8 Å². The average molecular weight is 524 g/mol. The van der Waals surface area contributed by atoms with Crippen molar-refractivity contribution in [2.45, 2.75) is 4.90 Å². The van der Waals surface area contributed by atoms with E-state index in [9.17, 15) is 8.42 Å². The van der Waals surface area contributed by atoms with Crippen molar-refractivity contribution in [2.75, 3.05) is 45.3 Å². The Morgan fingerprint density at radius 3 is 2.48 bits per heavy atom. The number of ether oxygens (including phenoxy) is 2. The van der Waals surface area contributed by atoms with E-state index in [4.69, 9.17) is 14.5 Å². The van der Waals surface area contributed by atoms with E-state index in [1.54, 1.807) is 23.5 Å². The zero-order valence-electron chi connectivity index (χ0n) is 17.1. The number of hydrogen-bond donors (Lipinski definition) is 0. The number of nitrogens with zero attached hydrogens (tertiary/aromatic N) is 3. The molecule has 0 unspecified atom stereocenters. The Hall–Kier alpha value is -2.14. The van der Waals surface area contributed by atoms with Crippen LogP contribution in [0.2, 0.25) is 0 Å². The molecule has 0 spiro atoms. The smallest absolute Gasteiger partial charge is 0.246 e. The summed E-state index contributed by atoms with van der Waals surface area (Å²) in [6.45, 7) is 1.90. The van der Waals surface area contributed by atoms with Crippen LogP contribution in [0.15, 0.2) is 57.2 Å². The summed E-state index contributed by atoms with van der Waals surface area (Å²) in [5, 5.41) is 2.93. The van der Waals surface area contributed by atoms with Crippen molar-refractivity contribution < 1.29 is 17.9 Å². The monoisotopic (exact) mass is 523 g/mol. The number of rotatable bonds is 6. The molecule has 0 bridgehead atoms. The van der Waals surface area contributed by atoms with E-state index in [0.717, 1.165) is 20.9 Å². The van der Waals surface area contributed by atoms with E-state index >= 15 is 0 Å². The van der Waals surface area contributed by atoms with Gasteiger partial charge in [0.1, 0.15) is 16.4 Å². The normalized spacial score (nSPS) is 15.1. The van der Waals surface area contributed by atoms with E-state index < -0.39 is 10.0 Å². The van der Waals surface area contributed by atoms with Gasteiger partial charge in [0.15, 0.2) is 5.13 Å². The molecule has 7 nitrogen and oxygen atoms in total. The van der Waals surface area contributed by atoms with Crippen molar-refractivity contribution in [1.82, 2.24) is 9.29 Å². The van der Waals surface area contributed by atoms with Gasteiger partial charge in [-0.05, 0) is 24.3 Å². The van der Waals surface area contributed by atoms with Crippen LogP contribution < -0.4 is 14.4 Å². The first-order valence-electron chi connectivity index (χ1n) is 9.61. The quantitative estimate of drug-likeness (QED) is 0.484. The predicted octanol–water partition coefficient (Wildman–Crippen LogP) is 4.10. The Bertz CT molecular complexity index is 1170. The summed E-state index contributed by atoms with van der Waals surface area (Å²) >= 11 is 5.06. The average Bonchev–Trinajstić information content (AvgIpc) is 3.29. The van der Waals surface area contributed by atoms with Crippen LogP contribution >= 0.6 is 27.3 Å². The summed E-state index contributed by atoms with van der Waals surface area (Å²) in [5.41, 5.74) is 1.96. The molecule has 2 aromatic carbocycles. The van der Waals surface area contributed by atoms with E-state index in [1.165, 1.54) is 24.6 Å². The molecule has 0 aliphatic carbocycles. The number of hydrogen-bond acceptors (Lipinski definition) is 7. The van der Waals surface area contributed by atoms with Crippen LogP contribution in [0.1, 0.15) is 0 Å². The van der Waals surface area contributed by atoms with Crippen molar-refractivity contribution in [3.63, 3.8) is 0 Å². The molecular formula is C21H22BrN3O4S2. The van der Waals surface area contributed by atoms with Gasteiger partial charge in [0.05, 0.1) is 19.9 Å². The molecule has 0 radical (unpaired) electrons. The molecule has 0 atom stereocenters. The van der Waals surface area contributed by atoms with Crippen molar-refractivity contribution in [1.29, 1.82) is 0 Å². The highest BCUT2D eigenvalue weighted by Gasteiger charge is 2.31. The molecule has 1 aromatic heterocycles. The van der Waals surface area contributed by atoms with Crippen LogP contribution in [0, 0.1) is 0 Å². The first-order chi connectivity index (χ1) is 14.9. The molecule has 164 valence electrons. The summed E-state index contributed by atoms with van der Waals surface area (Å²) in [6.07, 6.45) is 0. The Morgan fingerprint density at radius 2 is 1.81 bits per heavy atom. The molecule has 0 saturated carbocycles. The van der Waals surface area contributed by atoms with Gasteiger partial charge in [0.25, 0.3) is 0 Å². The van der Waals surface area contributed by atoms with Gasteiger partial charge in [0, 0.05) is 47.7 Å². The number of aromatic nitrogens is 1. The number of benzene rings is 2. The fourth-order valence-electron chi connectivity index (χ4n) is 3.44. The topological polar surface area (TPSA) is 72.0 Å². The van der Waals surface area contributed by atoms with Gasteiger partial charge in [-0.25, -0.2) is 13.4 Å². The van der Waals surface area contributed by atoms with E-state index in [0.29, 0.717) is 31.9 Å². The van der Waals surface area contributed by atoms with E-state index in [-0.39, 0.29) is 10.6 Å². The summed E-state index contributed by atoms with van der Waals surface area (Å²) in [5.74, 6) is 0.825. The van der Waals surface area contributed by atoms with Gasteiger partial charge in [-0.1, -0.05) is 28.1 Å². The summed E-state index contributed by atoms with van der Waals surface area (Å²) < 4.78 is 39.4. The standard InChI is InChI=1S/C21H22BrN3O4S2/c1-28-17-6-7-20(19(13-17)29-2)31(26,27)25-10-8-24(9-11-25)21-23-18(14-30-21)15-4-3-5-16(22)12-15/h3-7,12-14H,8-11H2,1-2H3. The molecule has 1 saturated heterocycles. The lowest BCUT2D eigenvalue weighted by atomic mass is 10.2. The molecule has 0 N–H and O–H groups in total. The molecule has 4 rings (SSSR count). The first kappa shape index (κ1) is 22.1. The van der Waals surface area contributed by atoms with Crippen LogP contribution in [0.3, 0.4) is 0 Å². The second-order valence-corrected chi connectivity index (χ2v) is 10.6. The van der Waals surface area contributed by atoms with Gasteiger partial charge in [-0.3, -0.25) is 0 Å². The maximum atomic E-state index is 13.2. The third kappa shape index (κ3) is 4.57. The van der Waals surface area contributed by atoms with Gasteiger partial charge in [0.2, 0.25) is 10.0 Å². The summed E-state index contributed by atoms with van der Waals surface area (Å²) in [6, 6.07) is 12.8. The Morgan fingerprint density at radius 1 is 1.03 bits per heavy atom. The fraction of sp³-hybridized carbons (Fsp3) is 0.286. The molecule has 31 heavy (non-hydrogen) atoms. The van der Waals surface area contributed by atoms with Crippen LogP contribution in [-0.2, 0) is 10.0 Å². The van der Waals surface area contributed by atoms with Gasteiger partial charge in [-0.15, -0.1) is 11.3 Å². The number of anilines is 1. The minimum absolute atomic E-state index is 0.149. The molecule has 2 heterocycles. The number of piperazine rings is 1. The highest BCUT2D eigenvalue weighted by Crippen LogP contribution is 2.33. The second-order valence-electron chi connectivity index (χ2n) is 6.93. The maximum Gasteiger partial charge on any atom is 0.246 e. The van der Waals surface area contributed by atoms with Crippen molar-refractivity contribution >= 4 is 42.4 Å². The maximum absolute atomic E-state index is 13.2. The molecule has 1 aliphatic rings. The minimum Gasteiger partial charge on any atom is -0.497 e. The zero-order valence-corrected chi connectivity index (χ0v) is 20.3. The Balaban J connectivity index is 1.48. The zero-order chi connectivity index (χ0) is 22.0. The Kier molecular flexibility index (Phi) is 6.52. The largest absolute Gasteiger partial charge is 0.497 e. The van der Waals surface area contributed by atoms with Crippen LogP contribution in [-0.4, -0.2) is 58.1 Å². The highest BCUT2D eigenvalue weighted by atomic mass is 79.9. The number of methoxy groups -OCH3 is 2. The van der Waals surface area contributed by atoms with E-state index in [1.807, 2.05) is 29.6 Å². The SMILES string of the molecule is COc1ccc(S(=O)(=O)N2CCN(c3nc(-c4cccc(Br)c4)cs3)CC2)c(OC)c1. The number of sulfonamides is 1. The van der Waals surface area contributed by atoms with Crippen molar-refractivity contribution in [2.24, 2.45) is 0 Å². The van der Waals surface area contributed by atoms with Gasteiger partial charge < -0.3 is 14.4 Å². The molecular weight excluding hydrogens is 502 g/mol. The lowest BCUT2D eigenvalue weighted by molar-refractivity contribution is 0.370. The fourth-order valence-corrected chi connectivity index (χ4v) is 6.28.